The number of nitrogens with zero attached hydrogens (tertiary/aromatic N) is 5. The average Bonchev–Trinajstić information content (AvgIpc) is 3.20. The van der Waals surface area contributed by atoms with Gasteiger partial charge >= 0.3 is 6.03 Å². The van der Waals surface area contributed by atoms with Crippen LogP contribution in [0.15, 0.2) is 47.2 Å². The number of guanidine groups is 1. The van der Waals surface area contributed by atoms with Crippen molar-refractivity contribution in [1.29, 1.82) is 0 Å². The highest BCUT2D eigenvalue weighted by molar-refractivity contribution is 6.04. The Bertz CT molecular complexity index is 863. The van der Waals surface area contributed by atoms with Gasteiger partial charge in [-0.25, -0.2) is 9.79 Å². The number of urea groups is 1. The highest BCUT2D eigenvalue weighted by atomic mass is 16.2. The first kappa shape index (κ1) is 19.5. The van der Waals surface area contributed by atoms with E-state index in [2.05, 4.69) is 30.9 Å². The molecule has 2 unspecified atom stereocenters. The number of allylic oxidation sites excluding steroid dienone is 1. The number of imide groups is 1. The molecular weight excluding hydrogens is 366 g/mol. The number of aryl methyl sites for hydroxylation is 1. The summed E-state index contributed by atoms with van der Waals surface area (Å²) >= 11 is 0. The third-order valence-corrected chi connectivity index (χ3v) is 5.74. The molecule has 0 spiro atoms. The van der Waals surface area contributed by atoms with Crippen LogP contribution in [-0.2, 0) is 11.2 Å². The van der Waals surface area contributed by atoms with Crippen LogP contribution in [0.3, 0.4) is 0 Å². The van der Waals surface area contributed by atoms with Crippen molar-refractivity contribution in [2.45, 2.75) is 45.8 Å². The number of benzene rings is 1. The number of rotatable bonds is 6. The highest BCUT2D eigenvalue weighted by Crippen LogP contribution is 2.34. The lowest BCUT2D eigenvalue weighted by molar-refractivity contribution is -0.136. The number of carbonyl (C=O) groups excluding carboxylic acids is 2. The fourth-order valence-electron chi connectivity index (χ4n) is 4.28. The van der Waals surface area contributed by atoms with Gasteiger partial charge in [0.05, 0.1) is 0 Å². The van der Waals surface area contributed by atoms with Crippen molar-refractivity contribution in [2.75, 3.05) is 20.1 Å². The first-order valence-corrected chi connectivity index (χ1v) is 10.3. The van der Waals surface area contributed by atoms with Crippen molar-refractivity contribution >= 4 is 17.9 Å². The fourth-order valence-corrected chi connectivity index (χ4v) is 4.28. The van der Waals surface area contributed by atoms with Gasteiger partial charge in [0.2, 0.25) is 5.96 Å². The largest absolute Gasteiger partial charge is 0.328 e. The molecule has 1 saturated heterocycles. The maximum atomic E-state index is 13.3. The third kappa shape index (κ3) is 3.39. The van der Waals surface area contributed by atoms with Crippen molar-refractivity contribution in [3.8, 4) is 0 Å². The van der Waals surface area contributed by atoms with E-state index in [1.54, 1.807) is 11.9 Å². The summed E-state index contributed by atoms with van der Waals surface area (Å²) in [6, 6.07) is 9.41. The Morgan fingerprint density at radius 2 is 1.83 bits per heavy atom. The summed E-state index contributed by atoms with van der Waals surface area (Å²) in [7, 11) is 1.74. The van der Waals surface area contributed by atoms with Crippen LogP contribution in [0.4, 0.5) is 4.79 Å². The van der Waals surface area contributed by atoms with Crippen LogP contribution in [-0.4, -0.2) is 69.8 Å². The van der Waals surface area contributed by atoms with Crippen LogP contribution in [0.2, 0.25) is 0 Å². The van der Waals surface area contributed by atoms with Gasteiger partial charge in [0.25, 0.3) is 5.91 Å². The van der Waals surface area contributed by atoms with E-state index in [1.165, 1.54) is 10.5 Å². The smallest absolute Gasteiger partial charge is 0.315 e. The Morgan fingerprint density at radius 1 is 1.10 bits per heavy atom. The molecule has 0 aliphatic carbocycles. The summed E-state index contributed by atoms with van der Waals surface area (Å²) in [6.07, 6.45) is 3.11. The molecule has 29 heavy (non-hydrogen) atoms. The third-order valence-electron chi connectivity index (χ3n) is 5.74. The number of fused-ring (bicyclic) bond motifs is 3. The molecule has 3 aliphatic heterocycles. The molecule has 3 aliphatic rings. The van der Waals surface area contributed by atoms with Gasteiger partial charge < -0.3 is 14.7 Å². The van der Waals surface area contributed by atoms with Gasteiger partial charge in [-0.05, 0) is 31.2 Å². The molecule has 0 radical (unpaired) electrons. The lowest BCUT2D eigenvalue weighted by Gasteiger charge is -2.40. The lowest BCUT2D eigenvalue weighted by atomic mass is 10.1. The quantitative estimate of drug-likeness (QED) is 0.743. The van der Waals surface area contributed by atoms with E-state index in [9.17, 15) is 9.59 Å². The molecule has 2 atom stereocenters. The SMILES string of the molecule is CC1=CN2C(=NC3C2C(=O)N(CCCc2ccccc2)C(=O)N3C)N1CC(C)C. The Labute approximate surface area is 172 Å². The van der Waals surface area contributed by atoms with Crippen LogP contribution in [0.5, 0.6) is 0 Å². The number of hydrogen-bond acceptors (Lipinski definition) is 5. The number of aliphatic imine (C=N–C) groups is 1. The minimum atomic E-state index is -0.475. The predicted molar refractivity (Wildman–Crippen MR) is 112 cm³/mol. The monoisotopic (exact) mass is 395 g/mol. The fraction of sp³-hybridized carbons (Fsp3) is 0.500. The summed E-state index contributed by atoms with van der Waals surface area (Å²) in [6.45, 7) is 7.62. The van der Waals surface area contributed by atoms with Gasteiger partial charge in [-0.2, -0.15) is 0 Å². The lowest BCUT2D eigenvalue weighted by Crippen LogP contribution is -2.64. The zero-order valence-electron chi connectivity index (χ0n) is 17.6. The van der Waals surface area contributed by atoms with Gasteiger partial charge in [0.1, 0.15) is 0 Å². The molecule has 7 nitrogen and oxygen atoms in total. The molecule has 1 aromatic rings. The Kier molecular flexibility index (Phi) is 5.06. The second-order valence-electron chi connectivity index (χ2n) is 8.44. The van der Waals surface area contributed by atoms with E-state index in [-0.39, 0.29) is 11.9 Å². The van der Waals surface area contributed by atoms with E-state index in [0.29, 0.717) is 12.5 Å². The molecule has 0 N–H and O–H groups in total. The standard InChI is InChI=1S/C22H29N5O2/c1-15(2)13-26-16(3)14-27-18-19(23-21(26)27)24(4)22(29)25(20(18)28)12-8-11-17-9-6-5-7-10-17/h5-7,9-10,14-15,18-19H,8,11-13H2,1-4H3. The van der Waals surface area contributed by atoms with Gasteiger partial charge in [-0.1, -0.05) is 44.2 Å². The van der Waals surface area contributed by atoms with Crippen molar-refractivity contribution in [3.05, 3.63) is 47.8 Å². The average molecular weight is 396 g/mol. The summed E-state index contributed by atoms with van der Waals surface area (Å²) in [5, 5.41) is 0. The maximum absolute atomic E-state index is 13.3. The van der Waals surface area contributed by atoms with E-state index in [1.807, 2.05) is 36.2 Å². The van der Waals surface area contributed by atoms with Crippen molar-refractivity contribution < 1.29 is 9.59 Å². The summed E-state index contributed by atoms with van der Waals surface area (Å²) in [5.41, 5.74) is 2.29. The normalized spacial score (nSPS) is 23.6. The number of hydrogen-bond donors (Lipinski definition) is 0. The van der Waals surface area contributed by atoms with Gasteiger partial charge in [-0.3, -0.25) is 9.69 Å². The zero-order valence-corrected chi connectivity index (χ0v) is 17.6. The first-order chi connectivity index (χ1) is 13.9. The predicted octanol–water partition coefficient (Wildman–Crippen LogP) is 2.71. The molecule has 0 saturated carbocycles. The molecule has 7 heteroatoms. The minimum Gasteiger partial charge on any atom is -0.315 e. The van der Waals surface area contributed by atoms with Gasteiger partial charge in [0.15, 0.2) is 12.2 Å². The van der Waals surface area contributed by atoms with Crippen LogP contribution in [0, 0.1) is 5.92 Å². The highest BCUT2D eigenvalue weighted by Gasteiger charge is 2.54. The van der Waals surface area contributed by atoms with Crippen LogP contribution in [0.1, 0.15) is 32.8 Å². The molecule has 1 fully saturated rings. The first-order valence-electron chi connectivity index (χ1n) is 10.3. The van der Waals surface area contributed by atoms with Crippen molar-refractivity contribution in [3.63, 3.8) is 0 Å². The summed E-state index contributed by atoms with van der Waals surface area (Å²) in [5.74, 6) is 1.10. The maximum Gasteiger partial charge on any atom is 0.328 e. The van der Waals surface area contributed by atoms with Gasteiger partial charge in [-0.15, -0.1) is 0 Å². The molecular formula is C22H29N5O2. The minimum absolute atomic E-state index is 0.152. The van der Waals surface area contributed by atoms with Crippen LogP contribution in [0.25, 0.3) is 0 Å². The van der Waals surface area contributed by atoms with Crippen molar-refractivity contribution in [1.82, 2.24) is 19.6 Å². The zero-order chi connectivity index (χ0) is 20.7. The second-order valence-corrected chi connectivity index (χ2v) is 8.44. The van der Waals surface area contributed by atoms with E-state index in [0.717, 1.165) is 31.0 Å². The number of carbonyl (C=O) groups is 2. The Hall–Kier alpha value is -2.83. The summed E-state index contributed by atoms with van der Waals surface area (Å²) in [4.78, 5) is 38.1. The second kappa shape index (κ2) is 7.54. The molecule has 4 rings (SSSR count). The topological polar surface area (TPSA) is 59.5 Å². The van der Waals surface area contributed by atoms with E-state index >= 15 is 0 Å². The summed E-state index contributed by atoms with van der Waals surface area (Å²) < 4.78 is 0. The molecule has 1 aromatic carbocycles. The van der Waals surface area contributed by atoms with Gasteiger partial charge in [0, 0.05) is 32.0 Å². The van der Waals surface area contributed by atoms with E-state index < -0.39 is 12.2 Å². The number of likely N-dealkylation sites (N-methyl/N-ethyl adjacent to an activating group) is 1. The molecule has 0 aromatic heterocycles. The van der Waals surface area contributed by atoms with Crippen LogP contribution < -0.4 is 0 Å². The van der Waals surface area contributed by atoms with Crippen LogP contribution >= 0.6 is 0 Å². The van der Waals surface area contributed by atoms with E-state index in [4.69, 9.17) is 4.99 Å². The molecule has 154 valence electrons. The Balaban J connectivity index is 1.50. The number of amides is 3. The Morgan fingerprint density at radius 3 is 2.52 bits per heavy atom. The molecule has 0 bridgehead atoms. The van der Waals surface area contributed by atoms with Crippen molar-refractivity contribution in [2.24, 2.45) is 10.9 Å². The molecule has 3 amide bonds. The molecule has 3 heterocycles.